The van der Waals surface area contributed by atoms with Crippen molar-refractivity contribution < 1.29 is 18.0 Å². The number of aromatic nitrogens is 2. The number of sulfonamides is 1. The highest BCUT2D eigenvalue weighted by atomic mass is 35.5. The molecule has 1 aromatic heterocycles. The first kappa shape index (κ1) is 21.2. The van der Waals surface area contributed by atoms with E-state index in [9.17, 15) is 18.0 Å². The molecule has 1 heterocycles. The molecule has 0 bridgehead atoms. The van der Waals surface area contributed by atoms with Crippen molar-refractivity contribution in [3.63, 3.8) is 0 Å². The smallest absolute Gasteiger partial charge is 0.278 e. The molecule has 0 unspecified atom stereocenters. The van der Waals surface area contributed by atoms with E-state index < -0.39 is 21.8 Å². The van der Waals surface area contributed by atoms with E-state index in [2.05, 4.69) is 15.3 Å². The number of carbonyl (C=O) groups is 2. The summed E-state index contributed by atoms with van der Waals surface area (Å²) in [5.74, 6) is -1.38. The topological polar surface area (TPSA) is 144 Å². The van der Waals surface area contributed by atoms with Crippen LogP contribution in [-0.2, 0) is 14.8 Å². The predicted octanol–water partition coefficient (Wildman–Crippen LogP) is 2.46. The van der Waals surface area contributed by atoms with Gasteiger partial charge in [-0.1, -0.05) is 23.7 Å². The van der Waals surface area contributed by atoms with Gasteiger partial charge in [0.1, 0.15) is 0 Å². The third kappa shape index (κ3) is 4.91. The third-order valence-electron chi connectivity index (χ3n) is 3.86. The molecule has 3 rings (SSSR count). The number of anilines is 2. The summed E-state index contributed by atoms with van der Waals surface area (Å²) in [6.07, 6.45) is 1.44. The molecule has 0 aliphatic heterocycles. The lowest BCUT2D eigenvalue weighted by Crippen LogP contribution is -2.28. The second-order valence-corrected chi connectivity index (χ2v) is 8.26. The molecular formula is C19H16ClN5O4S. The number of hydrogen-bond donors (Lipinski definition) is 3. The zero-order valence-corrected chi connectivity index (χ0v) is 17.2. The standard InChI is InChI=1S/C19H16ClN5O4S/c1-11(26)25-30(28,29)15-8-6-14(7-9-15)23-19(27)17-18(21)22-10-16(24-17)12-2-4-13(20)5-3-12/h2-10H,1H3,(H2,21,22)(H,23,27)(H,25,26). The lowest BCUT2D eigenvalue weighted by Gasteiger charge is -2.09. The second-order valence-electron chi connectivity index (χ2n) is 6.14. The predicted molar refractivity (Wildman–Crippen MR) is 112 cm³/mol. The van der Waals surface area contributed by atoms with Crippen LogP contribution in [-0.4, -0.2) is 30.2 Å². The summed E-state index contributed by atoms with van der Waals surface area (Å²) in [4.78, 5) is 31.8. The Balaban J connectivity index is 1.81. The number of halogens is 1. The molecule has 0 fully saturated rings. The van der Waals surface area contributed by atoms with E-state index in [0.717, 1.165) is 6.92 Å². The number of nitrogens with one attached hydrogen (secondary N) is 2. The molecule has 4 N–H and O–H groups in total. The fraction of sp³-hybridized carbons (Fsp3) is 0.0526. The van der Waals surface area contributed by atoms with Crippen LogP contribution in [0.25, 0.3) is 11.3 Å². The zero-order chi connectivity index (χ0) is 21.9. The van der Waals surface area contributed by atoms with Gasteiger partial charge in [0, 0.05) is 23.2 Å². The molecule has 11 heteroatoms. The van der Waals surface area contributed by atoms with Gasteiger partial charge < -0.3 is 11.1 Å². The van der Waals surface area contributed by atoms with Crippen LogP contribution in [0.4, 0.5) is 11.5 Å². The maximum atomic E-state index is 12.6. The maximum Gasteiger partial charge on any atom is 0.278 e. The first-order valence-electron chi connectivity index (χ1n) is 8.49. The van der Waals surface area contributed by atoms with Crippen LogP contribution in [0.3, 0.4) is 0 Å². The number of carbonyl (C=O) groups excluding carboxylic acids is 2. The van der Waals surface area contributed by atoms with Crippen LogP contribution in [0.5, 0.6) is 0 Å². The molecule has 154 valence electrons. The van der Waals surface area contributed by atoms with Gasteiger partial charge in [0.15, 0.2) is 11.5 Å². The molecule has 2 amide bonds. The van der Waals surface area contributed by atoms with Gasteiger partial charge in [-0.2, -0.15) is 0 Å². The van der Waals surface area contributed by atoms with Crippen molar-refractivity contribution in [3.8, 4) is 11.3 Å². The minimum Gasteiger partial charge on any atom is -0.382 e. The van der Waals surface area contributed by atoms with Gasteiger partial charge in [0.25, 0.3) is 15.9 Å². The van der Waals surface area contributed by atoms with Crippen LogP contribution in [0.2, 0.25) is 5.02 Å². The van der Waals surface area contributed by atoms with Crippen molar-refractivity contribution in [2.75, 3.05) is 11.1 Å². The summed E-state index contributed by atoms with van der Waals surface area (Å²) in [5.41, 5.74) is 7.15. The Morgan fingerprint density at radius 3 is 2.27 bits per heavy atom. The fourth-order valence-electron chi connectivity index (χ4n) is 2.48. The summed E-state index contributed by atoms with van der Waals surface area (Å²) >= 11 is 5.88. The molecule has 3 aromatic rings. The quantitative estimate of drug-likeness (QED) is 0.547. The van der Waals surface area contributed by atoms with Crippen molar-refractivity contribution in [3.05, 3.63) is 65.4 Å². The van der Waals surface area contributed by atoms with Gasteiger partial charge in [-0.3, -0.25) is 9.59 Å². The number of hydrogen-bond acceptors (Lipinski definition) is 7. The number of benzene rings is 2. The minimum absolute atomic E-state index is 0.0601. The Morgan fingerprint density at radius 1 is 1.03 bits per heavy atom. The molecule has 0 aliphatic rings. The van der Waals surface area contributed by atoms with Crippen molar-refractivity contribution in [1.29, 1.82) is 0 Å². The van der Waals surface area contributed by atoms with Crippen molar-refractivity contribution in [1.82, 2.24) is 14.7 Å². The summed E-state index contributed by atoms with van der Waals surface area (Å²) in [6, 6.07) is 12.1. The van der Waals surface area contributed by atoms with Crippen LogP contribution in [0.1, 0.15) is 17.4 Å². The van der Waals surface area contributed by atoms with Crippen LogP contribution < -0.4 is 15.8 Å². The van der Waals surface area contributed by atoms with Gasteiger partial charge >= 0.3 is 0 Å². The number of nitrogens with two attached hydrogens (primary N) is 1. The van der Waals surface area contributed by atoms with Gasteiger partial charge in [-0.15, -0.1) is 0 Å². The Kier molecular flexibility index (Phi) is 5.99. The second kappa shape index (κ2) is 8.47. The molecular weight excluding hydrogens is 430 g/mol. The van der Waals surface area contributed by atoms with Crippen molar-refractivity contribution in [2.45, 2.75) is 11.8 Å². The first-order chi connectivity index (χ1) is 14.2. The SMILES string of the molecule is CC(=O)NS(=O)(=O)c1ccc(NC(=O)c2nc(-c3ccc(Cl)cc3)cnc2N)cc1. The Bertz CT molecular complexity index is 1210. The van der Waals surface area contributed by atoms with E-state index >= 15 is 0 Å². The number of rotatable bonds is 5. The Hall–Kier alpha value is -3.50. The normalized spacial score (nSPS) is 11.0. The van der Waals surface area contributed by atoms with Crippen molar-refractivity contribution in [2.24, 2.45) is 0 Å². The minimum atomic E-state index is -3.97. The van der Waals surface area contributed by atoms with Crippen LogP contribution in [0, 0.1) is 0 Å². The van der Waals surface area contributed by atoms with E-state index in [1.165, 1.54) is 30.5 Å². The average Bonchev–Trinajstić information content (AvgIpc) is 2.68. The summed E-state index contributed by atoms with van der Waals surface area (Å²) < 4.78 is 25.8. The lowest BCUT2D eigenvalue weighted by atomic mass is 10.1. The largest absolute Gasteiger partial charge is 0.382 e. The molecule has 0 aliphatic carbocycles. The average molecular weight is 446 g/mol. The summed E-state index contributed by atoms with van der Waals surface area (Å²) in [5, 5.41) is 3.14. The number of nitrogens with zero attached hydrogens (tertiary/aromatic N) is 2. The third-order valence-corrected chi connectivity index (χ3v) is 5.56. The summed E-state index contributed by atoms with van der Waals surface area (Å²) in [7, 11) is -3.97. The van der Waals surface area contributed by atoms with Crippen LogP contribution >= 0.6 is 11.6 Å². The number of nitrogen functional groups attached to an aromatic ring is 1. The van der Waals surface area contributed by atoms with Gasteiger partial charge in [0.05, 0.1) is 16.8 Å². The highest BCUT2D eigenvalue weighted by Gasteiger charge is 2.17. The Labute approximate surface area is 177 Å². The molecule has 2 aromatic carbocycles. The monoisotopic (exact) mass is 445 g/mol. The van der Waals surface area contributed by atoms with Gasteiger partial charge in [0.2, 0.25) is 5.91 Å². The molecule has 9 nitrogen and oxygen atoms in total. The Morgan fingerprint density at radius 2 is 1.67 bits per heavy atom. The lowest BCUT2D eigenvalue weighted by molar-refractivity contribution is -0.117. The van der Waals surface area contributed by atoms with E-state index in [0.29, 0.717) is 22.0 Å². The van der Waals surface area contributed by atoms with E-state index in [1.807, 2.05) is 4.72 Å². The molecule has 0 saturated heterocycles. The molecule has 0 atom stereocenters. The zero-order valence-electron chi connectivity index (χ0n) is 15.6. The number of amides is 2. The fourth-order valence-corrected chi connectivity index (χ4v) is 3.60. The van der Waals surface area contributed by atoms with Gasteiger partial charge in [-0.25, -0.2) is 23.1 Å². The molecule has 0 spiro atoms. The molecule has 30 heavy (non-hydrogen) atoms. The van der Waals surface area contributed by atoms with E-state index in [-0.39, 0.29) is 16.4 Å². The van der Waals surface area contributed by atoms with Gasteiger partial charge in [-0.05, 0) is 36.4 Å². The molecule has 0 saturated carbocycles. The highest BCUT2D eigenvalue weighted by Crippen LogP contribution is 2.21. The van der Waals surface area contributed by atoms with E-state index in [4.69, 9.17) is 17.3 Å². The highest BCUT2D eigenvalue weighted by molar-refractivity contribution is 7.90. The van der Waals surface area contributed by atoms with E-state index in [1.54, 1.807) is 24.3 Å². The van der Waals surface area contributed by atoms with Crippen LogP contribution in [0.15, 0.2) is 59.6 Å². The first-order valence-corrected chi connectivity index (χ1v) is 10.3. The maximum absolute atomic E-state index is 12.6. The molecule has 0 radical (unpaired) electrons. The van der Waals surface area contributed by atoms with Crippen molar-refractivity contribution >= 4 is 44.9 Å². The summed E-state index contributed by atoms with van der Waals surface area (Å²) in [6.45, 7) is 1.09.